The molecule has 3 heterocycles. The summed E-state index contributed by atoms with van der Waals surface area (Å²) in [7, 11) is 0. The third-order valence-corrected chi connectivity index (χ3v) is 7.15. The lowest BCUT2D eigenvalue weighted by molar-refractivity contribution is -0.908. The van der Waals surface area contributed by atoms with Crippen molar-refractivity contribution >= 4 is 38.9 Å². The lowest BCUT2D eigenvalue weighted by Crippen LogP contribution is -3.14. The molecule has 2 N–H and O–H groups in total. The van der Waals surface area contributed by atoms with Crippen LogP contribution in [0, 0.1) is 0 Å². The molecule has 1 atom stereocenters. The first kappa shape index (κ1) is 19.1. The van der Waals surface area contributed by atoms with Gasteiger partial charge < -0.3 is 19.9 Å². The lowest BCUT2D eigenvalue weighted by Gasteiger charge is -2.34. The van der Waals surface area contributed by atoms with Gasteiger partial charge in [-0.15, -0.1) is 11.3 Å². The number of thiocarbonyl (C=S) groups is 1. The summed E-state index contributed by atoms with van der Waals surface area (Å²) in [5.41, 5.74) is 1.13. The van der Waals surface area contributed by atoms with Gasteiger partial charge in [-0.2, -0.15) is 0 Å². The van der Waals surface area contributed by atoms with Crippen molar-refractivity contribution in [1.82, 2.24) is 15.2 Å². The molecule has 0 radical (unpaired) electrons. The Hall–Kier alpha value is -1.28. The molecule has 2 fully saturated rings. The van der Waals surface area contributed by atoms with Gasteiger partial charge in [0.2, 0.25) is 0 Å². The molecule has 4 rings (SSSR count). The minimum Gasteiger partial charge on any atom is -0.370 e. The van der Waals surface area contributed by atoms with Crippen molar-refractivity contribution in [1.29, 1.82) is 0 Å². The van der Waals surface area contributed by atoms with Crippen LogP contribution in [-0.2, 0) is 4.74 Å². The van der Waals surface area contributed by atoms with E-state index in [1.165, 1.54) is 29.1 Å². The van der Waals surface area contributed by atoms with E-state index in [0.29, 0.717) is 5.92 Å². The number of hydrogen-bond acceptors (Lipinski definition) is 4. The maximum Gasteiger partial charge on any atom is 0.168 e. The topological polar surface area (TPSA) is 41.8 Å². The minimum absolute atomic E-state index is 0.494. The van der Waals surface area contributed by atoms with Gasteiger partial charge in [-0.05, 0) is 37.2 Å². The number of fused-ring (bicyclic) bond motifs is 1. The predicted octanol–water partition coefficient (Wildman–Crippen LogP) is 1.66. The fourth-order valence-corrected chi connectivity index (χ4v) is 5.34. The van der Waals surface area contributed by atoms with Crippen molar-refractivity contribution < 1.29 is 9.64 Å². The van der Waals surface area contributed by atoms with E-state index in [1.807, 2.05) is 11.3 Å². The molecule has 0 aliphatic carbocycles. The van der Waals surface area contributed by atoms with Crippen molar-refractivity contribution in [3.8, 4) is 0 Å². The molecular formula is C20H29N4OS2+. The van der Waals surface area contributed by atoms with E-state index in [-0.39, 0.29) is 0 Å². The second kappa shape index (κ2) is 9.28. The average Bonchev–Trinajstić information content (AvgIpc) is 3.16. The summed E-state index contributed by atoms with van der Waals surface area (Å²) >= 11 is 7.52. The second-order valence-electron chi connectivity index (χ2n) is 7.50. The molecule has 2 saturated heterocycles. The van der Waals surface area contributed by atoms with Gasteiger partial charge in [0.05, 0.1) is 35.0 Å². The fourth-order valence-electron chi connectivity index (χ4n) is 3.98. The van der Waals surface area contributed by atoms with Crippen molar-refractivity contribution in [3.63, 3.8) is 0 Å². The van der Waals surface area contributed by atoms with Crippen LogP contribution in [-0.4, -0.2) is 67.5 Å². The monoisotopic (exact) mass is 405 g/mol. The fraction of sp³-hybridized carbons (Fsp3) is 0.600. The third-order valence-electron chi connectivity index (χ3n) is 5.55. The quantitative estimate of drug-likeness (QED) is 0.585. The largest absolute Gasteiger partial charge is 0.370 e. The third kappa shape index (κ3) is 4.96. The summed E-state index contributed by atoms with van der Waals surface area (Å²) in [6, 6.07) is 8.43. The van der Waals surface area contributed by atoms with E-state index in [9.17, 15) is 0 Å². The van der Waals surface area contributed by atoms with Crippen LogP contribution in [0.25, 0.3) is 10.2 Å². The molecule has 2 aromatic rings. The first-order valence-electron chi connectivity index (χ1n) is 10.1. The molecule has 2 aliphatic rings. The molecule has 2 aliphatic heterocycles. The second-order valence-corrected chi connectivity index (χ2v) is 8.95. The molecule has 0 unspecified atom stereocenters. The molecule has 1 aromatic heterocycles. The summed E-state index contributed by atoms with van der Waals surface area (Å²) in [5.74, 6) is 0.494. The van der Waals surface area contributed by atoms with Gasteiger partial charge in [0.25, 0.3) is 0 Å². The standard InChI is InChI=1S/C20H28N4OS2/c26-20(21-8-4-9-23-11-13-25-14-12-23)24-10-3-5-16(15-24)19-22-17-6-1-2-7-18(17)27-19/h1-2,6-7,16H,3-5,8-15H2,(H,21,26)/p+1/t16-/m0/s1. The smallest absolute Gasteiger partial charge is 0.168 e. The molecule has 0 spiro atoms. The Bertz CT molecular complexity index is 726. The zero-order valence-corrected chi connectivity index (χ0v) is 17.4. The maximum absolute atomic E-state index is 5.68. The number of likely N-dealkylation sites (tertiary alicyclic amines) is 1. The first-order valence-corrected chi connectivity index (χ1v) is 11.3. The highest BCUT2D eigenvalue weighted by atomic mass is 32.1. The number of morpholine rings is 1. The summed E-state index contributed by atoms with van der Waals surface area (Å²) in [6.45, 7) is 8.30. The zero-order chi connectivity index (χ0) is 18.5. The zero-order valence-electron chi connectivity index (χ0n) is 15.8. The van der Waals surface area contributed by atoms with Gasteiger partial charge in [-0.1, -0.05) is 12.1 Å². The SMILES string of the molecule is S=C(NCCC[NH+]1CCOCC1)N1CCC[C@H](c2nc3ccccc3s2)C1. The normalized spacial score (nSPS) is 21.5. The molecule has 27 heavy (non-hydrogen) atoms. The highest BCUT2D eigenvalue weighted by molar-refractivity contribution is 7.80. The number of aromatic nitrogens is 1. The van der Waals surface area contributed by atoms with Crippen molar-refractivity contribution in [2.75, 3.05) is 52.5 Å². The van der Waals surface area contributed by atoms with Crippen LogP contribution >= 0.6 is 23.6 Å². The number of quaternary nitrogens is 1. The number of rotatable bonds is 5. The van der Waals surface area contributed by atoms with Gasteiger partial charge in [-0.3, -0.25) is 0 Å². The maximum atomic E-state index is 5.68. The van der Waals surface area contributed by atoms with Gasteiger partial charge in [0, 0.05) is 32.0 Å². The van der Waals surface area contributed by atoms with Gasteiger partial charge in [0.15, 0.2) is 5.11 Å². The molecule has 7 heteroatoms. The number of nitrogens with zero attached hydrogens (tertiary/aromatic N) is 2. The number of para-hydroxylation sites is 1. The van der Waals surface area contributed by atoms with Crippen LogP contribution < -0.4 is 10.2 Å². The Labute approximate surface area is 170 Å². The summed E-state index contributed by atoms with van der Waals surface area (Å²) < 4.78 is 6.71. The molecule has 0 bridgehead atoms. The number of ether oxygens (including phenoxy) is 1. The Kier molecular flexibility index (Phi) is 6.55. The number of piperidine rings is 1. The molecule has 0 amide bonds. The van der Waals surface area contributed by atoms with E-state index < -0.39 is 0 Å². The van der Waals surface area contributed by atoms with E-state index in [1.54, 1.807) is 4.90 Å². The molecule has 5 nitrogen and oxygen atoms in total. The highest BCUT2D eigenvalue weighted by Crippen LogP contribution is 2.32. The van der Waals surface area contributed by atoms with Crippen LogP contribution in [0.5, 0.6) is 0 Å². The Morgan fingerprint density at radius 2 is 2.19 bits per heavy atom. The van der Waals surface area contributed by atoms with Crippen LogP contribution in [0.4, 0.5) is 0 Å². The van der Waals surface area contributed by atoms with Crippen LogP contribution in [0.1, 0.15) is 30.2 Å². The Balaban J connectivity index is 1.25. The summed E-state index contributed by atoms with van der Waals surface area (Å²) in [5, 5.41) is 5.66. The molecule has 146 valence electrons. The van der Waals surface area contributed by atoms with Crippen molar-refractivity contribution in [2.24, 2.45) is 0 Å². The van der Waals surface area contributed by atoms with E-state index >= 15 is 0 Å². The molecule has 1 aromatic carbocycles. The number of nitrogens with one attached hydrogen (secondary N) is 2. The van der Waals surface area contributed by atoms with Crippen molar-refractivity contribution in [3.05, 3.63) is 29.3 Å². The van der Waals surface area contributed by atoms with Gasteiger partial charge in [-0.25, -0.2) is 4.98 Å². The number of hydrogen-bond donors (Lipinski definition) is 2. The van der Waals surface area contributed by atoms with Gasteiger partial charge in [0.1, 0.15) is 13.1 Å². The van der Waals surface area contributed by atoms with E-state index in [0.717, 1.165) is 63.0 Å². The summed E-state index contributed by atoms with van der Waals surface area (Å²) in [4.78, 5) is 8.87. The minimum atomic E-state index is 0.494. The van der Waals surface area contributed by atoms with Crippen LogP contribution in [0.15, 0.2) is 24.3 Å². The van der Waals surface area contributed by atoms with Crippen LogP contribution in [0.3, 0.4) is 0 Å². The van der Waals surface area contributed by atoms with Gasteiger partial charge >= 0.3 is 0 Å². The lowest BCUT2D eigenvalue weighted by atomic mass is 9.99. The Morgan fingerprint density at radius 3 is 3.04 bits per heavy atom. The van der Waals surface area contributed by atoms with E-state index in [4.69, 9.17) is 21.9 Å². The van der Waals surface area contributed by atoms with E-state index in [2.05, 4.69) is 34.5 Å². The predicted molar refractivity (Wildman–Crippen MR) is 115 cm³/mol. The average molecular weight is 406 g/mol. The first-order chi connectivity index (χ1) is 13.3. The Morgan fingerprint density at radius 1 is 1.33 bits per heavy atom. The summed E-state index contributed by atoms with van der Waals surface area (Å²) in [6.07, 6.45) is 3.55. The highest BCUT2D eigenvalue weighted by Gasteiger charge is 2.25. The number of thiazole rings is 1. The van der Waals surface area contributed by atoms with Crippen molar-refractivity contribution in [2.45, 2.75) is 25.2 Å². The molecule has 0 saturated carbocycles. The molecular weight excluding hydrogens is 376 g/mol. The number of benzene rings is 1. The van der Waals surface area contributed by atoms with Crippen LogP contribution in [0.2, 0.25) is 0 Å².